The summed E-state index contributed by atoms with van der Waals surface area (Å²) < 4.78 is 91.5. The van der Waals surface area contributed by atoms with Gasteiger partial charge >= 0.3 is 22.4 Å². The molecule has 0 aliphatic carbocycles. The van der Waals surface area contributed by atoms with Crippen molar-refractivity contribution >= 4 is 21.9 Å². The fourth-order valence-corrected chi connectivity index (χ4v) is 5.14. The molecule has 3 aromatic carbocycles. The molecule has 0 saturated carbocycles. The molecular weight excluding hydrogens is 594 g/mol. The number of benzene rings is 3. The van der Waals surface area contributed by atoms with Gasteiger partial charge in [0.05, 0.1) is 30.1 Å². The minimum absolute atomic E-state index is 0.0267. The third kappa shape index (κ3) is 7.90. The van der Waals surface area contributed by atoms with Gasteiger partial charge in [0.1, 0.15) is 17.3 Å². The Labute approximate surface area is 245 Å². The summed E-state index contributed by atoms with van der Waals surface area (Å²) in [4.78, 5) is 21.1. The Morgan fingerprint density at radius 2 is 1.72 bits per heavy atom. The van der Waals surface area contributed by atoms with Crippen LogP contribution in [0.25, 0.3) is 11.5 Å². The van der Waals surface area contributed by atoms with Gasteiger partial charge in [0.25, 0.3) is 0 Å². The van der Waals surface area contributed by atoms with E-state index in [1.54, 1.807) is 31.2 Å². The second kappa shape index (κ2) is 12.8. The Hall–Kier alpha value is -4.43. The Balaban J connectivity index is 1.42. The zero-order valence-corrected chi connectivity index (χ0v) is 24.1. The van der Waals surface area contributed by atoms with E-state index in [1.807, 2.05) is 0 Å². The van der Waals surface area contributed by atoms with Crippen molar-refractivity contribution < 1.29 is 44.8 Å². The van der Waals surface area contributed by atoms with E-state index in [4.69, 9.17) is 14.0 Å². The number of aryl methyl sites for hydroxylation is 1. The van der Waals surface area contributed by atoms with Gasteiger partial charge in [-0.25, -0.2) is 9.37 Å². The van der Waals surface area contributed by atoms with Crippen LogP contribution in [0.5, 0.6) is 5.75 Å². The van der Waals surface area contributed by atoms with E-state index in [-0.39, 0.29) is 24.7 Å². The molecule has 228 valence electrons. The maximum atomic E-state index is 13.7. The van der Waals surface area contributed by atoms with Crippen LogP contribution in [0.15, 0.2) is 77.2 Å². The van der Waals surface area contributed by atoms with Crippen molar-refractivity contribution in [2.75, 3.05) is 18.0 Å². The summed E-state index contributed by atoms with van der Waals surface area (Å²) >= 11 is 0. The van der Waals surface area contributed by atoms with Gasteiger partial charge in [-0.3, -0.25) is 9.10 Å². The molecule has 0 bridgehead atoms. The molecule has 4 aromatic rings. The van der Waals surface area contributed by atoms with Crippen molar-refractivity contribution in [1.82, 2.24) is 9.45 Å². The van der Waals surface area contributed by atoms with Crippen LogP contribution in [0.2, 0.25) is 0 Å². The largest absolute Gasteiger partial charge is 0.493 e. The maximum Gasteiger partial charge on any atom is 0.416 e. The van der Waals surface area contributed by atoms with Crippen molar-refractivity contribution in [2.24, 2.45) is 0 Å². The minimum atomic E-state index is -4.45. The molecule has 0 spiro atoms. The van der Waals surface area contributed by atoms with Crippen LogP contribution in [0, 0.1) is 12.7 Å². The van der Waals surface area contributed by atoms with E-state index in [1.165, 1.54) is 37.4 Å². The number of carbonyl (C=O) groups excluding carboxylic acids is 1. The first-order valence-electron chi connectivity index (χ1n) is 12.8. The Bertz CT molecular complexity index is 1690. The molecule has 1 heterocycles. The second-order valence-corrected chi connectivity index (χ2v) is 11.2. The fourth-order valence-electron chi connectivity index (χ4n) is 3.98. The van der Waals surface area contributed by atoms with Crippen LogP contribution in [0.1, 0.15) is 29.5 Å². The number of hydrogen-bond acceptors (Lipinski definition) is 7. The summed E-state index contributed by atoms with van der Waals surface area (Å²) in [6.07, 6.45) is -4.14. The first-order valence-corrected chi connectivity index (χ1v) is 14.2. The lowest BCUT2D eigenvalue weighted by atomic mass is 10.1. The molecule has 0 aliphatic rings. The molecule has 9 nitrogen and oxygen atoms in total. The van der Waals surface area contributed by atoms with Crippen LogP contribution in [-0.4, -0.2) is 37.5 Å². The number of carbonyl (C=O) groups is 1. The van der Waals surface area contributed by atoms with Gasteiger partial charge in [-0.15, -0.1) is 0 Å². The number of ether oxygens (including phenoxy) is 1. The summed E-state index contributed by atoms with van der Waals surface area (Å²) in [6, 6.07) is 15.9. The quantitative estimate of drug-likeness (QED) is 0.148. The molecule has 4 rings (SSSR count). The van der Waals surface area contributed by atoms with Gasteiger partial charge in [0.15, 0.2) is 0 Å². The summed E-state index contributed by atoms with van der Waals surface area (Å²) in [7, 11) is -3.22. The highest BCUT2D eigenvalue weighted by Gasteiger charge is 2.32. The lowest BCUT2D eigenvalue weighted by Gasteiger charge is -2.27. The van der Waals surface area contributed by atoms with Crippen LogP contribution in [-0.2, 0) is 39.0 Å². The number of rotatable bonds is 11. The predicted octanol–water partition coefficient (Wildman–Crippen LogP) is 6.09. The molecule has 0 aliphatic heterocycles. The van der Waals surface area contributed by atoms with Crippen molar-refractivity contribution in [3.63, 3.8) is 0 Å². The van der Waals surface area contributed by atoms with Crippen molar-refractivity contribution in [2.45, 2.75) is 33.0 Å². The average Bonchev–Trinajstić information content (AvgIpc) is 3.32. The van der Waals surface area contributed by atoms with E-state index in [0.29, 0.717) is 39.2 Å². The number of halogens is 4. The van der Waals surface area contributed by atoms with E-state index in [9.17, 15) is 30.8 Å². The molecule has 0 saturated heterocycles. The van der Waals surface area contributed by atoms with Crippen LogP contribution < -0.4 is 9.04 Å². The molecule has 14 heteroatoms. The number of hydroxylamine groups is 1. The van der Waals surface area contributed by atoms with E-state index in [2.05, 4.69) is 4.98 Å². The molecular formula is C29H27F4N3O6S. The summed E-state index contributed by atoms with van der Waals surface area (Å²) in [6.45, 7) is 2.52. The number of oxazole rings is 1. The van der Waals surface area contributed by atoms with Crippen molar-refractivity contribution in [3.8, 4) is 17.2 Å². The molecule has 0 unspecified atom stereocenters. The lowest BCUT2D eigenvalue weighted by molar-refractivity contribution is -0.168. The molecule has 1 aromatic heterocycles. The van der Waals surface area contributed by atoms with Gasteiger partial charge in [-0.05, 0) is 71.6 Å². The second-order valence-electron chi connectivity index (χ2n) is 9.34. The standard InChI is InChI=1S/C29H27F4N3O6S/c1-19-27(34-28(41-19)22-10-12-23(13-11-22)29(31,32)33)14-15-40-26-9-4-6-21(16-26)18-36(42-20(2)37)43(38,39)35(3)25-8-5-7-24(30)17-25/h4-13,16-17H,14-15,18H2,1-3H3. The number of nitrogens with zero attached hydrogens (tertiary/aromatic N) is 3. The smallest absolute Gasteiger partial charge is 0.416 e. The molecule has 43 heavy (non-hydrogen) atoms. The number of alkyl halides is 3. The zero-order chi connectivity index (χ0) is 31.4. The molecule has 0 fully saturated rings. The topological polar surface area (TPSA) is 102 Å². The van der Waals surface area contributed by atoms with E-state index in [0.717, 1.165) is 29.4 Å². The highest BCUT2D eigenvalue weighted by molar-refractivity contribution is 7.90. The minimum Gasteiger partial charge on any atom is -0.493 e. The first-order chi connectivity index (χ1) is 20.2. The van der Waals surface area contributed by atoms with Crippen molar-refractivity contribution in [3.05, 3.63) is 101 Å². The molecule has 0 atom stereocenters. The zero-order valence-electron chi connectivity index (χ0n) is 23.3. The van der Waals surface area contributed by atoms with Crippen LogP contribution >= 0.6 is 0 Å². The van der Waals surface area contributed by atoms with Gasteiger partial charge < -0.3 is 14.0 Å². The Kier molecular flexibility index (Phi) is 9.40. The summed E-state index contributed by atoms with van der Waals surface area (Å²) in [5.74, 6) is -0.460. The first kappa shape index (κ1) is 31.5. The number of anilines is 1. The van der Waals surface area contributed by atoms with Crippen LogP contribution in [0.3, 0.4) is 0 Å². The Morgan fingerprint density at radius 1 is 1.02 bits per heavy atom. The van der Waals surface area contributed by atoms with Gasteiger partial charge in [0, 0.05) is 26.0 Å². The maximum absolute atomic E-state index is 13.7. The Morgan fingerprint density at radius 3 is 2.37 bits per heavy atom. The summed E-state index contributed by atoms with van der Waals surface area (Å²) in [5.41, 5.74) is 0.628. The average molecular weight is 622 g/mol. The fraction of sp³-hybridized carbons (Fsp3) is 0.241. The lowest BCUT2D eigenvalue weighted by Crippen LogP contribution is -2.42. The van der Waals surface area contributed by atoms with Crippen LogP contribution in [0.4, 0.5) is 23.2 Å². The summed E-state index contributed by atoms with van der Waals surface area (Å²) in [5, 5.41) is 0. The SMILES string of the molecule is CC(=O)ON(Cc1cccc(OCCc2nc(-c3ccc(C(F)(F)F)cc3)oc2C)c1)S(=O)(=O)N(C)c1cccc(F)c1. The molecule has 0 amide bonds. The number of hydrogen-bond donors (Lipinski definition) is 0. The third-order valence-electron chi connectivity index (χ3n) is 6.18. The normalized spacial score (nSPS) is 11.9. The van der Waals surface area contributed by atoms with E-state index >= 15 is 0 Å². The molecule has 0 radical (unpaired) electrons. The van der Waals surface area contributed by atoms with Gasteiger partial charge in [-0.1, -0.05) is 18.2 Å². The molecule has 0 N–H and O–H groups in total. The number of aromatic nitrogens is 1. The monoisotopic (exact) mass is 621 g/mol. The third-order valence-corrected chi connectivity index (χ3v) is 7.80. The van der Waals surface area contributed by atoms with Gasteiger partial charge in [-0.2, -0.15) is 21.6 Å². The van der Waals surface area contributed by atoms with Gasteiger partial charge in [0.2, 0.25) is 5.89 Å². The highest BCUT2D eigenvalue weighted by atomic mass is 32.2. The van der Waals surface area contributed by atoms with Crippen molar-refractivity contribution in [1.29, 1.82) is 0 Å². The van der Waals surface area contributed by atoms with E-state index < -0.39 is 33.7 Å². The predicted molar refractivity (Wildman–Crippen MR) is 148 cm³/mol. The highest BCUT2D eigenvalue weighted by Crippen LogP contribution is 2.31.